The van der Waals surface area contributed by atoms with Gasteiger partial charge in [-0.05, 0) is 47.9 Å². The molecule has 2 heterocycles. The molecule has 4 rings (SSSR count). The number of nitrogens with one attached hydrogen (secondary N) is 2. The molecule has 0 radical (unpaired) electrons. The third kappa shape index (κ3) is 5.21. The smallest absolute Gasteiger partial charge is 0.222 e. The molecule has 2 aromatic carbocycles. The second-order valence-electron chi connectivity index (χ2n) is 8.96. The van der Waals surface area contributed by atoms with Gasteiger partial charge >= 0.3 is 0 Å². The number of fused-ring (bicyclic) bond motifs is 3. The van der Waals surface area contributed by atoms with E-state index in [1.54, 1.807) is 4.90 Å². The van der Waals surface area contributed by atoms with Gasteiger partial charge in [0, 0.05) is 47.0 Å². The van der Waals surface area contributed by atoms with E-state index in [4.69, 9.17) is 16.3 Å². The summed E-state index contributed by atoms with van der Waals surface area (Å²) in [5.74, 6) is 0.489. The maximum absolute atomic E-state index is 11.8. The lowest BCUT2D eigenvalue weighted by molar-refractivity contribution is -0.124. The number of carbonyl (C=O) groups excluding carboxylic acids is 2. The van der Waals surface area contributed by atoms with E-state index in [1.807, 2.05) is 56.3 Å². The summed E-state index contributed by atoms with van der Waals surface area (Å²) in [7, 11) is 0. The summed E-state index contributed by atoms with van der Waals surface area (Å²) in [6, 6.07) is 13.3. The van der Waals surface area contributed by atoms with Crippen LogP contribution in [-0.2, 0) is 16.0 Å². The zero-order chi connectivity index (χ0) is 24.2. The Morgan fingerprint density at radius 3 is 2.76 bits per heavy atom. The van der Waals surface area contributed by atoms with Crippen LogP contribution in [0.5, 0.6) is 5.75 Å². The van der Waals surface area contributed by atoms with E-state index in [-0.39, 0.29) is 24.4 Å². The topological polar surface area (TPSA) is 94.7 Å². The van der Waals surface area contributed by atoms with Crippen LogP contribution in [0, 0.1) is 5.92 Å². The van der Waals surface area contributed by atoms with Crippen LogP contribution in [0.15, 0.2) is 42.5 Å². The number of aliphatic hydroxyl groups is 1. The van der Waals surface area contributed by atoms with Crippen LogP contribution in [0.3, 0.4) is 0 Å². The van der Waals surface area contributed by atoms with Crippen molar-refractivity contribution >= 4 is 34.8 Å². The van der Waals surface area contributed by atoms with Crippen LogP contribution in [0.2, 0.25) is 5.02 Å². The van der Waals surface area contributed by atoms with Gasteiger partial charge < -0.3 is 25.0 Å². The highest BCUT2D eigenvalue weighted by molar-refractivity contribution is 6.31. The highest BCUT2D eigenvalue weighted by atomic mass is 35.5. The van der Waals surface area contributed by atoms with Crippen LogP contribution < -0.4 is 10.1 Å². The lowest BCUT2D eigenvalue weighted by Crippen LogP contribution is -2.35. The Balaban J connectivity index is 1.43. The number of ether oxygens (including phenoxy) is 1. The van der Waals surface area contributed by atoms with Crippen molar-refractivity contribution in [1.82, 2.24) is 15.2 Å². The van der Waals surface area contributed by atoms with E-state index in [1.165, 1.54) is 5.56 Å². The lowest BCUT2D eigenvalue weighted by atomic mass is 9.93. The number of aromatic amines is 1. The molecule has 180 valence electrons. The Labute approximate surface area is 204 Å². The quantitative estimate of drug-likeness (QED) is 0.403. The van der Waals surface area contributed by atoms with Crippen molar-refractivity contribution in [1.29, 1.82) is 0 Å². The third-order valence-electron chi connectivity index (χ3n) is 6.21. The number of nitrogens with zero attached hydrogens (tertiary/aromatic N) is 1. The summed E-state index contributed by atoms with van der Waals surface area (Å²) in [6.45, 7) is 4.79. The first-order valence-electron chi connectivity index (χ1n) is 11.6. The van der Waals surface area contributed by atoms with Gasteiger partial charge in [0.05, 0.1) is 18.8 Å². The van der Waals surface area contributed by atoms with E-state index in [0.29, 0.717) is 30.3 Å². The summed E-state index contributed by atoms with van der Waals surface area (Å²) >= 11 is 6.22. The highest BCUT2D eigenvalue weighted by Crippen LogP contribution is 2.38. The average Bonchev–Trinajstić information content (AvgIpc) is 3.20. The van der Waals surface area contributed by atoms with Gasteiger partial charge in [-0.15, -0.1) is 0 Å². The summed E-state index contributed by atoms with van der Waals surface area (Å²) in [5.41, 5.74) is 4.19. The second kappa shape index (κ2) is 10.5. The largest absolute Gasteiger partial charge is 0.493 e. The van der Waals surface area contributed by atoms with Crippen molar-refractivity contribution in [2.24, 2.45) is 5.92 Å². The molecule has 3 N–H and O–H groups in total. The Kier molecular flexibility index (Phi) is 7.44. The van der Waals surface area contributed by atoms with Crippen molar-refractivity contribution in [3.63, 3.8) is 0 Å². The van der Waals surface area contributed by atoms with Gasteiger partial charge in [0.25, 0.3) is 0 Å². The summed E-state index contributed by atoms with van der Waals surface area (Å²) in [4.78, 5) is 28.7. The number of hydrogen-bond donors (Lipinski definition) is 3. The SMILES string of the molecule is CC(C)C(=O)NCC(O)CCOc1ccc(C2c3[nH]c4ccc(Cl)cc4c3CCN2C=O)cc1. The van der Waals surface area contributed by atoms with E-state index >= 15 is 0 Å². The zero-order valence-corrected chi connectivity index (χ0v) is 20.1. The molecule has 1 aliphatic heterocycles. The van der Waals surface area contributed by atoms with Gasteiger partial charge in [-0.2, -0.15) is 0 Å². The third-order valence-corrected chi connectivity index (χ3v) is 6.45. The number of aliphatic hydroxyl groups excluding tert-OH is 1. The first-order valence-corrected chi connectivity index (χ1v) is 11.9. The molecular formula is C26H30ClN3O4. The molecule has 0 bridgehead atoms. The van der Waals surface area contributed by atoms with E-state index in [0.717, 1.165) is 35.0 Å². The minimum atomic E-state index is -0.667. The van der Waals surface area contributed by atoms with Crippen molar-refractivity contribution in [2.45, 2.75) is 38.8 Å². The Morgan fingerprint density at radius 1 is 1.29 bits per heavy atom. The summed E-state index contributed by atoms with van der Waals surface area (Å²) in [5, 5.41) is 14.6. The fraction of sp³-hybridized carbons (Fsp3) is 0.385. The molecule has 8 heteroatoms. The van der Waals surface area contributed by atoms with Gasteiger partial charge in [0.1, 0.15) is 5.75 Å². The molecule has 0 spiro atoms. The molecule has 2 atom stereocenters. The Morgan fingerprint density at radius 2 is 2.06 bits per heavy atom. The average molecular weight is 484 g/mol. The van der Waals surface area contributed by atoms with Gasteiger partial charge in [-0.1, -0.05) is 37.6 Å². The molecular weight excluding hydrogens is 454 g/mol. The van der Waals surface area contributed by atoms with Gasteiger partial charge in [0.15, 0.2) is 0 Å². The summed E-state index contributed by atoms with van der Waals surface area (Å²) in [6.07, 6.45) is 1.41. The standard InChI is InChI=1S/C26H30ClN3O4/c1-16(2)26(33)28-14-19(32)10-12-34-20-6-3-17(4-7-20)25-24-21(9-11-30(25)15-31)22-13-18(27)5-8-23(22)29-24/h3-8,13,15-16,19,25,29,32H,9-12,14H2,1-2H3,(H,28,33). The molecule has 0 saturated heterocycles. The Bertz CT molecular complexity index is 1160. The van der Waals surface area contributed by atoms with Crippen molar-refractivity contribution < 1.29 is 19.4 Å². The van der Waals surface area contributed by atoms with Crippen LogP contribution in [-0.4, -0.2) is 53.1 Å². The number of carbonyl (C=O) groups is 2. The minimum absolute atomic E-state index is 0.0798. The molecule has 2 unspecified atom stereocenters. The molecule has 7 nitrogen and oxygen atoms in total. The molecule has 0 saturated carbocycles. The molecule has 2 amide bonds. The predicted molar refractivity (Wildman–Crippen MR) is 132 cm³/mol. The maximum atomic E-state index is 11.8. The number of amides is 2. The molecule has 34 heavy (non-hydrogen) atoms. The van der Waals surface area contributed by atoms with Crippen LogP contribution in [0.1, 0.15) is 43.1 Å². The van der Waals surface area contributed by atoms with Crippen LogP contribution in [0.4, 0.5) is 0 Å². The fourth-order valence-electron chi connectivity index (χ4n) is 4.33. The number of aromatic nitrogens is 1. The van der Waals surface area contributed by atoms with E-state index in [2.05, 4.69) is 10.3 Å². The van der Waals surface area contributed by atoms with Gasteiger partial charge in [-0.25, -0.2) is 0 Å². The molecule has 0 fully saturated rings. The fourth-order valence-corrected chi connectivity index (χ4v) is 4.51. The second-order valence-corrected chi connectivity index (χ2v) is 9.40. The molecule has 1 aromatic heterocycles. The number of benzene rings is 2. The zero-order valence-electron chi connectivity index (χ0n) is 19.4. The van der Waals surface area contributed by atoms with Crippen molar-refractivity contribution in [2.75, 3.05) is 19.7 Å². The van der Waals surface area contributed by atoms with Crippen LogP contribution in [0.25, 0.3) is 10.9 Å². The van der Waals surface area contributed by atoms with E-state index < -0.39 is 6.10 Å². The first-order chi connectivity index (χ1) is 16.4. The van der Waals surface area contributed by atoms with Crippen LogP contribution >= 0.6 is 11.6 Å². The number of H-pyrrole nitrogens is 1. The number of hydrogen-bond acceptors (Lipinski definition) is 4. The predicted octanol–water partition coefficient (Wildman–Crippen LogP) is 3.83. The van der Waals surface area contributed by atoms with Crippen molar-refractivity contribution in [3.05, 3.63) is 64.3 Å². The first kappa shape index (κ1) is 24.1. The molecule has 3 aromatic rings. The number of halogens is 1. The van der Waals surface area contributed by atoms with Crippen molar-refractivity contribution in [3.8, 4) is 5.75 Å². The lowest BCUT2D eigenvalue weighted by Gasteiger charge is -2.33. The summed E-state index contributed by atoms with van der Waals surface area (Å²) < 4.78 is 5.78. The van der Waals surface area contributed by atoms with Gasteiger partial charge in [0.2, 0.25) is 12.3 Å². The normalized spacial score (nSPS) is 16.4. The maximum Gasteiger partial charge on any atom is 0.222 e. The highest BCUT2D eigenvalue weighted by Gasteiger charge is 2.31. The Hall–Kier alpha value is -3.03. The minimum Gasteiger partial charge on any atom is -0.493 e. The number of rotatable bonds is 9. The molecule has 1 aliphatic rings. The van der Waals surface area contributed by atoms with E-state index in [9.17, 15) is 14.7 Å². The molecule has 0 aliphatic carbocycles. The monoisotopic (exact) mass is 483 g/mol. The van der Waals surface area contributed by atoms with Gasteiger partial charge in [-0.3, -0.25) is 9.59 Å².